The molecule has 0 aliphatic heterocycles. The van der Waals surface area contributed by atoms with Gasteiger partial charge in [-0.25, -0.2) is 0 Å². The predicted molar refractivity (Wildman–Crippen MR) is 47.0 cm³/mol. The molecule has 4 heteroatoms. The minimum atomic E-state index is -0.310. The molecular formula is C9H13NO3. The van der Waals surface area contributed by atoms with Crippen molar-refractivity contribution in [3.63, 3.8) is 0 Å². The molecule has 1 aromatic rings. The first-order valence-corrected chi connectivity index (χ1v) is 4.07. The van der Waals surface area contributed by atoms with Crippen LogP contribution >= 0.6 is 0 Å². The predicted octanol–water partition coefficient (Wildman–Crippen LogP) is 0.931. The molecule has 1 rings (SSSR count). The van der Waals surface area contributed by atoms with Gasteiger partial charge in [-0.2, -0.15) is 0 Å². The quantitative estimate of drug-likeness (QED) is 0.705. The summed E-state index contributed by atoms with van der Waals surface area (Å²) in [5, 5.41) is 2.97. The van der Waals surface area contributed by atoms with E-state index >= 15 is 0 Å². The van der Waals surface area contributed by atoms with Crippen LogP contribution in [-0.4, -0.2) is 19.1 Å². The Balaban J connectivity index is 2.30. The molecule has 4 nitrogen and oxygen atoms in total. The number of ether oxygens (including phenoxy) is 1. The fourth-order valence-corrected chi connectivity index (χ4v) is 0.927. The minimum Gasteiger partial charge on any atom is -0.468 e. The van der Waals surface area contributed by atoms with Crippen molar-refractivity contribution >= 4 is 5.97 Å². The first-order valence-electron chi connectivity index (χ1n) is 4.07. The molecule has 0 aromatic carbocycles. The van der Waals surface area contributed by atoms with Crippen LogP contribution in [-0.2, 0) is 16.1 Å². The normalized spacial score (nSPS) is 12.5. The van der Waals surface area contributed by atoms with Gasteiger partial charge < -0.3 is 9.15 Å². The Morgan fingerprint density at radius 1 is 1.77 bits per heavy atom. The van der Waals surface area contributed by atoms with E-state index in [1.807, 2.05) is 6.07 Å². The summed E-state index contributed by atoms with van der Waals surface area (Å²) in [7, 11) is 1.37. The van der Waals surface area contributed by atoms with Gasteiger partial charge in [0.2, 0.25) is 0 Å². The zero-order valence-electron chi connectivity index (χ0n) is 7.74. The van der Waals surface area contributed by atoms with Gasteiger partial charge in [-0.3, -0.25) is 10.1 Å². The molecular weight excluding hydrogens is 170 g/mol. The van der Waals surface area contributed by atoms with Crippen molar-refractivity contribution in [2.75, 3.05) is 7.11 Å². The standard InChI is InChI=1S/C9H13NO3/c1-7(9(11)12-2)10-6-8-4-3-5-13-8/h3-5,7,10H,6H2,1-2H3/t7-/m0/s1. The molecule has 0 saturated heterocycles. The fourth-order valence-electron chi connectivity index (χ4n) is 0.927. The number of methoxy groups -OCH3 is 1. The molecule has 0 radical (unpaired) electrons. The third kappa shape index (κ3) is 2.91. The molecule has 0 fully saturated rings. The van der Waals surface area contributed by atoms with Gasteiger partial charge >= 0.3 is 5.97 Å². The largest absolute Gasteiger partial charge is 0.468 e. The Morgan fingerprint density at radius 3 is 3.08 bits per heavy atom. The molecule has 1 aromatic heterocycles. The van der Waals surface area contributed by atoms with Gasteiger partial charge in [0.15, 0.2) is 0 Å². The van der Waals surface area contributed by atoms with Crippen LogP contribution in [0.25, 0.3) is 0 Å². The molecule has 0 aliphatic rings. The molecule has 0 aliphatic carbocycles. The van der Waals surface area contributed by atoms with E-state index < -0.39 is 0 Å². The van der Waals surface area contributed by atoms with E-state index in [0.717, 1.165) is 5.76 Å². The number of hydrogen-bond donors (Lipinski definition) is 1. The molecule has 1 N–H and O–H groups in total. The van der Waals surface area contributed by atoms with Crippen molar-refractivity contribution < 1.29 is 13.9 Å². The SMILES string of the molecule is COC(=O)[C@H](C)NCc1ccco1. The first kappa shape index (κ1) is 9.80. The summed E-state index contributed by atoms with van der Waals surface area (Å²) < 4.78 is 9.63. The highest BCUT2D eigenvalue weighted by molar-refractivity contribution is 5.74. The smallest absolute Gasteiger partial charge is 0.322 e. The molecule has 13 heavy (non-hydrogen) atoms. The zero-order valence-corrected chi connectivity index (χ0v) is 7.74. The third-order valence-corrected chi connectivity index (χ3v) is 1.72. The van der Waals surface area contributed by atoms with Gasteiger partial charge in [-0.05, 0) is 19.1 Å². The molecule has 0 spiro atoms. The van der Waals surface area contributed by atoms with Crippen LogP contribution in [0.4, 0.5) is 0 Å². The van der Waals surface area contributed by atoms with E-state index in [1.54, 1.807) is 19.3 Å². The average Bonchev–Trinajstić information content (AvgIpc) is 2.65. The summed E-state index contributed by atoms with van der Waals surface area (Å²) >= 11 is 0. The summed E-state index contributed by atoms with van der Waals surface area (Å²) in [6.45, 7) is 2.28. The van der Waals surface area contributed by atoms with Crippen molar-refractivity contribution in [2.45, 2.75) is 19.5 Å². The maximum atomic E-state index is 11.0. The zero-order chi connectivity index (χ0) is 9.68. The van der Waals surface area contributed by atoms with E-state index in [2.05, 4.69) is 10.1 Å². The maximum Gasteiger partial charge on any atom is 0.322 e. The number of rotatable bonds is 4. The Bertz CT molecular complexity index is 256. The van der Waals surface area contributed by atoms with E-state index in [-0.39, 0.29) is 12.0 Å². The Hall–Kier alpha value is -1.29. The lowest BCUT2D eigenvalue weighted by atomic mass is 10.3. The highest BCUT2D eigenvalue weighted by atomic mass is 16.5. The van der Waals surface area contributed by atoms with Gasteiger partial charge in [-0.1, -0.05) is 0 Å². The van der Waals surface area contributed by atoms with Crippen molar-refractivity contribution in [3.8, 4) is 0 Å². The molecule has 1 atom stereocenters. The van der Waals surface area contributed by atoms with Crippen LogP contribution in [0.5, 0.6) is 0 Å². The molecule has 0 unspecified atom stereocenters. The van der Waals surface area contributed by atoms with Crippen LogP contribution in [0, 0.1) is 0 Å². The van der Waals surface area contributed by atoms with Gasteiger partial charge in [0, 0.05) is 0 Å². The summed E-state index contributed by atoms with van der Waals surface area (Å²) in [5.41, 5.74) is 0. The lowest BCUT2D eigenvalue weighted by Gasteiger charge is -2.09. The third-order valence-electron chi connectivity index (χ3n) is 1.72. The second-order valence-electron chi connectivity index (χ2n) is 2.71. The first-order chi connectivity index (χ1) is 6.24. The minimum absolute atomic E-state index is 0.272. The topological polar surface area (TPSA) is 51.5 Å². The summed E-state index contributed by atoms with van der Waals surface area (Å²) in [6, 6.07) is 3.34. The van der Waals surface area contributed by atoms with Crippen LogP contribution in [0.15, 0.2) is 22.8 Å². The van der Waals surface area contributed by atoms with E-state index in [4.69, 9.17) is 4.42 Å². The van der Waals surface area contributed by atoms with Crippen molar-refractivity contribution in [3.05, 3.63) is 24.2 Å². The van der Waals surface area contributed by atoms with Gasteiger partial charge in [0.05, 0.1) is 19.9 Å². The van der Waals surface area contributed by atoms with Crippen molar-refractivity contribution in [1.29, 1.82) is 0 Å². The van der Waals surface area contributed by atoms with Crippen LogP contribution in [0.1, 0.15) is 12.7 Å². The highest BCUT2D eigenvalue weighted by Crippen LogP contribution is 1.99. The molecule has 0 amide bonds. The number of carbonyl (C=O) groups is 1. The molecule has 1 heterocycles. The Morgan fingerprint density at radius 2 is 2.54 bits per heavy atom. The number of esters is 1. The number of furan rings is 1. The number of carbonyl (C=O) groups excluding carboxylic acids is 1. The molecule has 0 bridgehead atoms. The lowest BCUT2D eigenvalue weighted by molar-refractivity contribution is -0.142. The monoisotopic (exact) mass is 183 g/mol. The van der Waals surface area contributed by atoms with Gasteiger partial charge in [0.25, 0.3) is 0 Å². The van der Waals surface area contributed by atoms with Crippen LogP contribution in [0.3, 0.4) is 0 Å². The summed E-state index contributed by atoms with van der Waals surface area (Å²) in [5.74, 6) is 0.530. The molecule has 72 valence electrons. The van der Waals surface area contributed by atoms with Crippen molar-refractivity contribution in [1.82, 2.24) is 5.32 Å². The number of nitrogens with one attached hydrogen (secondary N) is 1. The lowest BCUT2D eigenvalue weighted by Crippen LogP contribution is -2.34. The summed E-state index contributed by atoms with van der Waals surface area (Å²) in [6.07, 6.45) is 1.60. The maximum absolute atomic E-state index is 11.0. The second-order valence-corrected chi connectivity index (χ2v) is 2.71. The highest BCUT2D eigenvalue weighted by Gasteiger charge is 2.11. The van der Waals surface area contributed by atoms with E-state index in [0.29, 0.717) is 6.54 Å². The van der Waals surface area contributed by atoms with Crippen molar-refractivity contribution in [2.24, 2.45) is 0 Å². The van der Waals surface area contributed by atoms with E-state index in [1.165, 1.54) is 7.11 Å². The second kappa shape index (κ2) is 4.67. The summed E-state index contributed by atoms with van der Waals surface area (Å²) in [4.78, 5) is 11.0. The number of hydrogen-bond acceptors (Lipinski definition) is 4. The van der Waals surface area contributed by atoms with E-state index in [9.17, 15) is 4.79 Å². The Labute approximate surface area is 76.9 Å². The Kier molecular flexibility index (Phi) is 3.52. The molecule has 0 saturated carbocycles. The van der Waals surface area contributed by atoms with Crippen LogP contribution < -0.4 is 5.32 Å². The fraction of sp³-hybridized carbons (Fsp3) is 0.444. The average molecular weight is 183 g/mol. The van der Waals surface area contributed by atoms with Gasteiger partial charge in [0.1, 0.15) is 11.8 Å². The van der Waals surface area contributed by atoms with Crippen LogP contribution in [0.2, 0.25) is 0 Å². The van der Waals surface area contributed by atoms with Gasteiger partial charge in [-0.15, -0.1) is 0 Å².